The summed E-state index contributed by atoms with van der Waals surface area (Å²) in [5.41, 5.74) is 0. The third-order valence-electron chi connectivity index (χ3n) is 15.3. The van der Waals surface area contributed by atoms with E-state index in [0.29, 0.717) is 0 Å². The van der Waals surface area contributed by atoms with Crippen molar-refractivity contribution in [3.05, 3.63) is 0 Å². The minimum absolute atomic E-state index is 0.410. The van der Waals surface area contributed by atoms with Gasteiger partial charge in [0.2, 0.25) is 72.8 Å². The monoisotopic (exact) mass is 1420 g/mol. The lowest BCUT2D eigenvalue weighted by Crippen LogP contribution is -2.69. The Bertz CT molecular complexity index is 3230. The van der Waals surface area contributed by atoms with Gasteiger partial charge in [0.25, 0.3) is 0 Å². The van der Waals surface area contributed by atoms with Crippen molar-refractivity contribution in [3.8, 4) is 0 Å². The molecule has 0 aromatic rings. The second-order valence-electron chi connectivity index (χ2n) is 20.8. The first-order chi connectivity index (χ1) is 40.1. The van der Waals surface area contributed by atoms with Crippen LogP contribution in [0.3, 0.4) is 0 Å². The van der Waals surface area contributed by atoms with Gasteiger partial charge in [-0.15, -0.1) is 0 Å². The average molecular weight is 1420 g/mol. The molecule has 516 valence electrons. The number of hydrogen-bond acceptors (Lipinski definition) is 42. The maximum atomic E-state index is 12.9. The van der Waals surface area contributed by atoms with Crippen LogP contribution in [0.15, 0.2) is 0 Å². The largest absolute Gasteiger partial charge is 0.834 e. The van der Waals surface area contributed by atoms with Crippen molar-refractivity contribution >= 4 is 78.8 Å². The number of carboxylic acids is 1. The van der Waals surface area contributed by atoms with Crippen LogP contribution in [0.4, 0.5) is 0 Å². The van der Waals surface area contributed by atoms with Crippen molar-refractivity contribution in [1.82, 2.24) is 0 Å². The smallest absolute Gasteiger partial charge is 0.218 e. The molecule has 49 heteroatoms. The van der Waals surface area contributed by atoms with Crippen molar-refractivity contribution in [2.75, 3.05) is 33.2 Å². The normalized spacial score (nSPS) is 40.9. The first-order valence-corrected chi connectivity index (χ1v) is 34.8. The fourth-order valence-electron chi connectivity index (χ4n) is 10.8. The van der Waals surface area contributed by atoms with Crippen LogP contribution in [0.1, 0.15) is 54.9 Å². The standard InChI is InChI=1S/C39H65O42S7/c1-14-15(2)21(10-66-82(43,44)45)70-35(17(14)4)72-24-16(3)18(5)36(75-31(24)34(41)42)73-28-23(12-68-84(49,50)51)71-37(32(81-88(61,62)63)30(28)80-87(58,59)60)76-33-19(6)25-38(77-39(33,65-13-40)8-9-64-25)74-27-22(11-67-83(46,47)48)69-20(7)26(78-85(52,53)54)29(27)79-86(55,56)57/h14-33,35-38H,8-13H2,1-7H3,(H,41,42)(H,43,44,45)(H,46,47,48)(H,49,50,51)(H,52,53,54)(H,55,56,57)(H,58,59,60)(H,61,62,63)/q-1/p-8/t14?,15-,16?,17?,18?,19-,20+,21-,22-,23?,24-,25+,26?,27+,28?,29?,30-,31+,32?,33?,35+,36+,37-,38+,39?/m0/s1. The Labute approximate surface area is 503 Å². The third-order valence-corrected chi connectivity index (χ3v) is 18.4. The Balaban J connectivity index is 1.39. The predicted octanol–water partition coefficient (Wildman–Crippen LogP) is -7.96. The van der Waals surface area contributed by atoms with Gasteiger partial charge in [0, 0.05) is 24.2 Å². The molecular weight excluding hydrogens is 1360 g/mol. The summed E-state index contributed by atoms with van der Waals surface area (Å²) in [6.07, 6.45) is -41.8. The van der Waals surface area contributed by atoms with E-state index in [9.17, 15) is 106 Å². The van der Waals surface area contributed by atoms with Crippen LogP contribution in [0.5, 0.6) is 0 Å². The first-order valence-electron chi connectivity index (χ1n) is 25.4. The molecule has 0 aromatic carbocycles. The molecule has 7 saturated heterocycles. The fraction of sp³-hybridized carbons (Fsp3) is 0.974. The highest BCUT2D eigenvalue weighted by atomic mass is 32.3. The van der Waals surface area contributed by atoms with E-state index in [1.54, 1.807) is 20.8 Å². The number of hydrogen-bond donors (Lipinski definition) is 0. The van der Waals surface area contributed by atoms with Crippen molar-refractivity contribution in [2.24, 2.45) is 35.5 Å². The molecule has 2 bridgehead atoms. The molecule has 7 fully saturated rings. The topological polar surface area (TPSA) is 630 Å². The SMILES string of the molecule is CC1C(C)[C@H](C)[C@H](COS(=O)(=O)[O-])O[C@@H]1O[C@H]1C(C)C(C)[C@H](OC2C(COS(=O)(=O)[O-])O[C@@H](OC3[C@@H](C)[C@H]4OCCC3(OC[O-])O[C@H]4O[C@H]3C(OS(=O)(=O)[O-])C(OS(=O)(=O)[O-])[C@@H](C)O[C@H]3COS(=O)(=O)[O-])C(OS(=O)(=O)[O-])[C@H]2OS(=O)(=O)[O-])O[C@H]1C(=O)[O-]. The van der Waals surface area contributed by atoms with Gasteiger partial charge in [0.05, 0.1) is 50.7 Å². The lowest BCUT2D eigenvalue weighted by molar-refractivity contribution is -0.498. The van der Waals surface area contributed by atoms with Gasteiger partial charge in [-0.25, -0.2) is 58.9 Å². The van der Waals surface area contributed by atoms with Gasteiger partial charge in [0.15, 0.2) is 37.1 Å². The van der Waals surface area contributed by atoms with Crippen LogP contribution in [-0.4, -0.2) is 246 Å². The molecular formula is C39H57O42S7-9. The summed E-state index contributed by atoms with van der Waals surface area (Å²) >= 11 is 0. The maximum Gasteiger partial charge on any atom is 0.218 e. The summed E-state index contributed by atoms with van der Waals surface area (Å²) < 4.78 is 348. The minimum atomic E-state index is -6.33. The van der Waals surface area contributed by atoms with Gasteiger partial charge in [-0.2, -0.15) is 0 Å². The van der Waals surface area contributed by atoms with Gasteiger partial charge < -0.3 is 99.0 Å². The van der Waals surface area contributed by atoms with Gasteiger partial charge in [0.1, 0.15) is 61.0 Å². The Morgan fingerprint density at radius 2 is 0.864 bits per heavy atom. The van der Waals surface area contributed by atoms with Crippen molar-refractivity contribution < 1.29 is 187 Å². The number of fused-ring (bicyclic) bond motifs is 4. The molecule has 0 aromatic heterocycles. The number of aliphatic carboxylic acids is 1. The molecule has 7 aliphatic heterocycles. The molecule has 25 atom stereocenters. The van der Waals surface area contributed by atoms with Crippen LogP contribution < -0.4 is 10.2 Å². The highest BCUT2D eigenvalue weighted by molar-refractivity contribution is 7.82. The molecule has 88 heavy (non-hydrogen) atoms. The molecule has 42 nitrogen and oxygen atoms in total. The maximum absolute atomic E-state index is 12.9. The molecule has 7 rings (SSSR count). The molecule has 7 heterocycles. The van der Waals surface area contributed by atoms with Gasteiger partial charge in [-0.3, -0.25) is 29.3 Å². The Kier molecular flexibility index (Phi) is 24.4. The Hall–Kier alpha value is -1.92. The lowest BCUT2D eigenvalue weighted by Gasteiger charge is -2.54. The fourth-order valence-corrected chi connectivity index (χ4v) is 13.7. The molecule has 0 saturated carbocycles. The number of rotatable bonds is 28. The van der Waals surface area contributed by atoms with E-state index in [4.69, 9.17) is 52.1 Å². The van der Waals surface area contributed by atoms with Crippen molar-refractivity contribution in [2.45, 2.75) is 171 Å². The molecule has 0 radical (unpaired) electrons. The van der Waals surface area contributed by atoms with Gasteiger partial charge >= 0.3 is 0 Å². The van der Waals surface area contributed by atoms with Crippen LogP contribution in [0.25, 0.3) is 0 Å². The quantitative estimate of drug-likeness (QED) is 0.0399. The highest BCUT2D eigenvalue weighted by Gasteiger charge is 2.63. The van der Waals surface area contributed by atoms with Crippen LogP contribution in [-0.2, 0) is 159 Å². The summed E-state index contributed by atoms with van der Waals surface area (Å²) in [6, 6.07) is 0. The lowest BCUT2D eigenvalue weighted by atomic mass is 9.78. The van der Waals surface area contributed by atoms with Gasteiger partial charge in [-0.1, -0.05) is 41.5 Å². The molecule has 0 spiro atoms. The second-order valence-corrected chi connectivity index (χ2v) is 28.0. The summed E-state index contributed by atoms with van der Waals surface area (Å²) in [7, 11) is -41.5. The first kappa shape index (κ1) is 75.1. The molecule has 0 aliphatic carbocycles. The van der Waals surface area contributed by atoms with E-state index >= 15 is 0 Å². The van der Waals surface area contributed by atoms with Crippen LogP contribution in [0.2, 0.25) is 0 Å². The van der Waals surface area contributed by atoms with Crippen molar-refractivity contribution in [3.63, 3.8) is 0 Å². The number of ether oxygens (including phenoxy) is 11. The van der Waals surface area contributed by atoms with E-state index in [1.165, 1.54) is 13.8 Å². The predicted molar refractivity (Wildman–Crippen MR) is 253 cm³/mol. The van der Waals surface area contributed by atoms with E-state index in [-0.39, 0.29) is 0 Å². The van der Waals surface area contributed by atoms with E-state index < -0.39 is 270 Å². The molecule has 7 aliphatic rings. The second kappa shape index (κ2) is 28.6. The summed E-state index contributed by atoms with van der Waals surface area (Å²) in [5, 5.41) is 25.5. The summed E-state index contributed by atoms with van der Waals surface area (Å²) in [5.74, 6) is -10.6. The minimum Gasteiger partial charge on any atom is -0.834 e. The van der Waals surface area contributed by atoms with Crippen LogP contribution >= 0.6 is 0 Å². The number of carbonyl (C=O) groups excluding carboxylic acids is 1. The van der Waals surface area contributed by atoms with Crippen molar-refractivity contribution in [1.29, 1.82) is 0 Å². The van der Waals surface area contributed by atoms with Gasteiger partial charge in [-0.05, 0) is 31.5 Å². The zero-order valence-electron chi connectivity index (χ0n) is 46.1. The third kappa shape index (κ3) is 20.1. The van der Waals surface area contributed by atoms with Crippen LogP contribution in [0, 0.1) is 35.5 Å². The number of carbonyl (C=O) groups is 1. The molecule has 0 amide bonds. The average Bonchev–Trinajstić information content (AvgIpc) is 3.07. The zero-order valence-corrected chi connectivity index (χ0v) is 51.8. The van der Waals surface area contributed by atoms with E-state index in [2.05, 4.69) is 29.3 Å². The van der Waals surface area contributed by atoms with E-state index in [1.807, 2.05) is 0 Å². The zero-order chi connectivity index (χ0) is 66.4. The molecule has 11 unspecified atom stereocenters. The number of carboxylic acid groups (broad SMARTS) is 1. The summed E-state index contributed by atoms with van der Waals surface area (Å²) in [4.78, 5) is 12.9. The highest BCUT2D eigenvalue weighted by Crippen LogP contribution is 2.48. The Morgan fingerprint density at radius 3 is 1.35 bits per heavy atom. The Morgan fingerprint density at radius 1 is 0.443 bits per heavy atom. The van der Waals surface area contributed by atoms with E-state index in [0.717, 1.165) is 13.8 Å². The molecule has 0 N–H and O–H groups in total. The summed E-state index contributed by atoms with van der Waals surface area (Å²) in [6.45, 7) is 3.09.